The van der Waals surface area contributed by atoms with Gasteiger partial charge in [0, 0.05) is 4.47 Å². The molecule has 2 N–H and O–H groups in total. The number of nitrogens with two attached hydrogens (primary N) is 1. The number of hydrogen-bond donors (Lipinski definition) is 1. The zero-order valence-corrected chi connectivity index (χ0v) is 13.8. The molecule has 21 heavy (non-hydrogen) atoms. The van der Waals surface area contributed by atoms with Crippen molar-refractivity contribution in [3.8, 4) is 17.2 Å². The number of methoxy groups -OCH3 is 1. The lowest BCUT2D eigenvalue weighted by molar-refractivity contribution is 0.0665. The van der Waals surface area contributed by atoms with E-state index in [4.69, 9.17) is 19.7 Å². The number of ether oxygens (including phenoxy) is 2. The monoisotopic (exact) mass is 355 g/mol. The van der Waals surface area contributed by atoms with E-state index in [1.54, 1.807) is 7.11 Å². The summed E-state index contributed by atoms with van der Waals surface area (Å²) in [7, 11) is 1.60. The van der Waals surface area contributed by atoms with E-state index in [1.165, 1.54) is 0 Å². The quantitative estimate of drug-likeness (QED) is 0.857. The van der Waals surface area contributed by atoms with E-state index in [1.807, 2.05) is 32.0 Å². The fraction of sp³-hybridized carbons (Fsp3) is 0.429. The van der Waals surface area contributed by atoms with Gasteiger partial charge in [-0.2, -0.15) is 4.98 Å². The van der Waals surface area contributed by atoms with Gasteiger partial charge in [0.15, 0.2) is 5.82 Å². The Kier molecular flexibility index (Phi) is 5.33. The van der Waals surface area contributed by atoms with Crippen LogP contribution in [0.4, 0.5) is 0 Å². The zero-order chi connectivity index (χ0) is 15.4. The summed E-state index contributed by atoms with van der Waals surface area (Å²) in [6.45, 7) is 4.24. The second kappa shape index (κ2) is 7.02. The van der Waals surface area contributed by atoms with Crippen molar-refractivity contribution < 1.29 is 14.0 Å². The van der Waals surface area contributed by atoms with E-state index in [9.17, 15) is 0 Å². The van der Waals surface area contributed by atoms with Crippen molar-refractivity contribution in [1.29, 1.82) is 0 Å². The summed E-state index contributed by atoms with van der Waals surface area (Å²) in [6.07, 6.45) is 0.106. The number of halogens is 1. The second-order valence-corrected chi connectivity index (χ2v) is 5.65. The molecule has 114 valence electrons. The van der Waals surface area contributed by atoms with Gasteiger partial charge in [0.2, 0.25) is 0 Å². The molecular weight excluding hydrogens is 338 g/mol. The van der Waals surface area contributed by atoms with Crippen LogP contribution in [0.2, 0.25) is 0 Å². The molecule has 1 aromatic carbocycles. The van der Waals surface area contributed by atoms with Gasteiger partial charge in [-0.05, 0) is 48.0 Å². The van der Waals surface area contributed by atoms with Crippen LogP contribution in [-0.2, 0) is 4.74 Å². The van der Waals surface area contributed by atoms with Crippen molar-refractivity contribution in [2.24, 2.45) is 5.73 Å². The van der Waals surface area contributed by atoms with Gasteiger partial charge in [-0.1, -0.05) is 5.16 Å². The Labute approximate surface area is 131 Å². The van der Waals surface area contributed by atoms with Crippen LogP contribution < -0.4 is 10.5 Å². The number of benzene rings is 1. The van der Waals surface area contributed by atoms with E-state index in [0.29, 0.717) is 24.1 Å². The van der Waals surface area contributed by atoms with Crippen molar-refractivity contribution in [2.75, 3.05) is 13.7 Å². The van der Waals surface area contributed by atoms with Crippen molar-refractivity contribution in [3.05, 3.63) is 28.5 Å². The summed E-state index contributed by atoms with van der Waals surface area (Å²) < 4.78 is 16.8. The number of nitrogens with zero attached hydrogens (tertiary/aromatic N) is 2. The van der Waals surface area contributed by atoms with Crippen molar-refractivity contribution in [1.82, 2.24) is 10.1 Å². The molecule has 0 saturated heterocycles. The molecule has 7 heteroatoms. The van der Waals surface area contributed by atoms with Gasteiger partial charge in [-0.3, -0.25) is 0 Å². The topological polar surface area (TPSA) is 83.4 Å². The minimum Gasteiger partial charge on any atom is -0.497 e. The Morgan fingerprint density at radius 1 is 1.38 bits per heavy atom. The molecule has 0 aliphatic heterocycles. The van der Waals surface area contributed by atoms with Crippen LogP contribution in [0, 0.1) is 0 Å². The van der Waals surface area contributed by atoms with Gasteiger partial charge < -0.3 is 19.7 Å². The number of aromatic nitrogens is 2. The summed E-state index contributed by atoms with van der Waals surface area (Å²) in [6, 6.07) is 5.10. The predicted molar refractivity (Wildman–Crippen MR) is 82.0 cm³/mol. The first-order valence-corrected chi connectivity index (χ1v) is 7.35. The lowest BCUT2D eigenvalue weighted by Gasteiger charge is -2.10. The molecule has 0 spiro atoms. The molecule has 1 aromatic heterocycles. The average molecular weight is 356 g/mol. The van der Waals surface area contributed by atoms with Gasteiger partial charge in [-0.25, -0.2) is 0 Å². The Bertz CT molecular complexity index is 601. The van der Waals surface area contributed by atoms with Crippen LogP contribution in [-0.4, -0.2) is 30.0 Å². The SMILES string of the molecule is COc1ccc(Br)c(-c2nc(C(N)COC(C)C)no2)c1. The Hall–Kier alpha value is -1.44. The molecule has 0 bridgehead atoms. The van der Waals surface area contributed by atoms with Crippen LogP contribution >= 0.6 is 15.9 Å². The average Bonchev–Trinajstić information content (AvgIpc) is 2.95. The Morgan fingerprint density at radius 2 is 2.14 bits per heavy atom. The van der Waals surface area contributed by atoms with Gasteiger partial charge in [0.1, 0.15) is 5.75 Å². The summed E-state index contributed by atoms with van der Waals surface area (Å²) in [5.41, 5.74) is 6.74. The fourth-order valence-corrected chi connectivity index (χ4v) is 2.08. The molecule has 0 aliphatic rings. The molecule has 0 amide bonds. The summed E-state index contributed by atoms with van der Waals surface area (Å²) in [4.78, 5) is 4.33. The smallest absolute Gasteiger partial charge is 0.259 e. The maximum absolute atomic E-state index is 5.98. The molecule has 2 rings (SSSR count). The molecule has 0 fully saturated rings. The first kappa shape index (κ1) is 15.9. The van der Waals surface area contributed by atoms with Gasteiger partial charge >= 0.3 is 0 Å². The summed E-state index contributed by atoms with van der Waals surface area (Å²) >= 11 is 3.45. The first-order valence-electron chi connectivity index (χ1n) is 6.56. The molecule has 0 aliphatic carbocycles. The summed E-state index contributed by atoms with van der Waals surface area (Å²) in [5, 5.41) is 3.91. The molecule has 1 heterocycles. The molecule has 6 nitrogen and oxygen atoms in total. The van der Waals surface area contributed by atoms with E-state index >= 15 is 0 Å². The largest absolute Gasteiger partial charge is 0.497 e. The second-order valence-electron chi connectivity index (χ2n) is 4.79. The van der Waals surface area contributed by atoms with E-state index in [-0.39, 0.29) is 6.10 Å². The van der Waals surface area contributed by atoms with Crippen molar-refractivity contribution in [3.63, 3.8) is 0 Å². The zero-order valence-electron chi connectivity index (χ0n) is 12.2. The molecule has 0 saturated carbocycles. The van der Waals surface area contributed by atoms with E-state index in [0.717, 1.165) is 10.0 Å². The predicted octanol–water partition coefficient (Wildman–Crippen LogP) is 2.93. The normalized spacial score (nSPS) is 12.7. The first-order chi connectivity index (χ1) is 10.0. The lowest BCUT2D eigenvalue weighted by atomic mass is 10.2. The third kappa shape index (κ3) is 4.03. The fourth-order valence-electron chi connectivity index (χ4n) is 1.66. The molecule has 1 unspecified atom stereocenters. The number of rotatable bonds is 6. The molecular formula is C14H18BrN3O3. The minimum atomic E-state index is -0.422. The maximum atomic E-state index is 5.98. The highest BCUT2D eigenvalue weighted by atomic mass is 79.9. The Morgan fingerprint density at radius 3 is 2.81 bits per heavy atom. The van der Waals surface area contributed by atoms with Crippen LogP contribution in [0.15, 0.2) is 27.2 Å². The van der Waals surface area contributed by atoms with E-state index in [2.05, 4.69) is 26.1 Å². The van der Waals surface area contributed by atoms with Crippen molar-refractivity contribution in [2.45, 2.75) is 26.0 Å². The third-order valence-electron chi connectivity index (χ3n) is 2.79. The molecule has 0 radical (unpaired) electrons. The number of hydrogen-bond acceptors (Lipinski definition) is 6. The lowest BCUT2D eigenvalue weighted by Crippen LogP contribution is -2.20. The Balaban J connectivity index is 2.19. The van der Waals surface area contributed by atoms with Crippen molar-refractivity contribution >= 4 is 15.9 Å². The highest BCUT2D eigenvalue weighted by Gasteiger charge is 2.18. The molecule has 1 atom stereocenters. The van der Waals surface area contributed by atoms with Crippen LogP contribution in [0.3, 0.4) is 0 Å². The van der Waals surface area contributed by atoms with Gasteiger partial charge in [0.05, 0.1) is 31.4 Å². The van der Waals surface area contributed by atoms with E-state index < -0.39 is 6.04 Å². The van der Waals surface area contributed by atoms with Crippen LogP contribution in [0.5, 0.6) is 5.75 Å². The highest BCUT2D eigenvalue weighted by molar-refractivity contribution is 9.10. The highest BCUT2D eigenvalue weighted by Crippen LogP contribution is 2.31. The van der Waals surface area contributed by atoms with Crippen LogP contribution in [0.25, 0.3) is 11.5 Å². The maximum Gasteiger partial charge on any atom is 0.259 e. The van der Waals surface area contributed by atoms with Gasteiger partial charge in [-0.15, -0.1) is 0 Å². The third-order valence-corrected chi connectivity index (χ3v) is 3.48. The standard InChI is InChI=1S/C14H18BrN3O3/c1-8(2)20-7-12(16)13-17-14(21-18-13)10-6-9(19-3)4-5-11(10)15/h4-6,8,12H,7,16H2,1-3H3. The molecule has 2 aromatic rings. The van der Waals surface area contributed by atoms with Gasteiger partial charge in [0.25, 0.3) is 5.89 Å². The van der Waals surface area contributed by atoms with Crippen LogP contribution in [0.1, 0.15) is 25.7 Å². The minimum absolute atomic E-state index is 0.106. The summed E-state index contributed by atoms with van der Waals surface area (Å²) in [5.74, 6) is 1.51.